The van der Waals surface area contributed by atoms with Gasteiger partial charge in [0.15, 0.2) is 0 Å². The van der Waals surface area contributed by atoms with Crippen molar-refractivity contribution in [2.75, 3.05) is 37.8 Å². The second kappa shape index (κ2) is 9.72. The van der Waals surface area contributed by atoms with Crippen LogP contribution in [0.25, 0.3) is 11.1 Å². The predicted molar refractivity (Wildman–Crippen MR) is 141 cm³/mol. The Hall–Kier alpha value is -3.24. The Balaban J connectivity index is 1.71. The Morgan fingerprint density at radius 3 is 2.33 bits per heavy atom. The van der Waals surface area contributed by atoms with Gasteiger partial charge in [-0.05, 0) is 104 Å². The van der Waals surface area contributed by atoms with Gasteiger partial charge in [-0.15, -0.1) is 0 Å². The van der Waals surface area contributed by atoms with Crippen LogP contribution in [0.15, 0.2) is 66.7 Å². The highest BCUT2D eigenvalue weighted by molar-refractivity contribution is 6.01. The van der Waals surface area contributed by atoms with Crippen molar-refractivity contribution in [3.05, 3.63) is 89.0 Å². The number of rotatable bonds is 7. The Morgan fingerprint density at radius 1 is 0.879 bits per heavy atom. The van der Waals surface area contributed by atoms with Gasteiger partial charge in [-0.2, -0.15) is 0 Å². The summed E-state index contributed by atoms with van der Waals surface area (Å²) in [4.78, 5) is 4.66. The fraction of sp³-hybridized carbons (Fsp3) is 0.310. The summed E-state index contributed by atoms with van der Waals surface area (Å²) >= 11 is 0. The summed E-state index contributed by atoms with van der Waals surface area (Å²) in [5.74, 6) is 0.297. The number of hydrogen-bond donors (Lipinski definition) is 2. The zero-order valence-corrected chi connectivity index (χ0v) is 20.2. The van der Waals surface area contributed by atoms with E-state index in [2.05, 4.69) is 74.1 Å². The van der Waals surface area contributed by atoms with Gasteiger partial charge >= 0.3 is 0 Å². The van der Waals surface area contributed by atoms with Crippen molar-refractivity contribution >= 4 is 22.5 Å². The third-order valence-electron chi connectivity index (χ3n) is 6.81. The molecule has 0 saturated heterocycles. The number of allylic oxidation sites excluding steroid dienone is 1. The minimum Gasteiger partial charge on any atom is -0.508 e. The molecule has 0 aliphatic heterocycles. The third-order valence-corrected chi connectivity index (χ3v) is 6.81. The summed E-state index contributed by atoms with van der Waals surface area (Å²) < 4.78 is 0. The highest BCUT2D eigenvalue weighted by Crippen LogP contribution is 2.42. The molecule has 4 heteroatoms. The van der Waals surface area contributed by atoms with Gasteiger partial charge in [0, 0.05) is 37.6 Å². The van der Waals surface area contributed by atoms with Gasteiger partial charge in [0.2, 0.25) is 0 Å². The molecule has 4 nitrogen and oxygen atoms in total. The summed E-state index contributed by atoms with van der Waals surface area (Å²) in [6.45, 7) is 6.44. The van der Waals surface area contributed by atoms with Gasteiger partial charge < -0.3 is 20.6 Å². The van der Waals surface area contributed by atoms with E-state index in [9.17, 15) is 5.11 Å². The Morgan fingerprint density at radius 2 is 1.64 bits per heavy atom. The Kier molecular flexibility index (Phi) is 6.75. The summed E-state index contributed by atoms with van der Waals surface area (Å²) in [6, 6.07) is 23.2. The maximum Gasteiger partial charge on any atom is 0.116 e. The van der Waals surface area contributed by atoms with Gasteiger partial charge in [0.05, 0.1) is 0 Å². The molecule has 0 amide bonds. The van der Waals surface area contributed by atoms with Crippen LogP contribution in [0, 0.1) is 0 Å². The molecule has 0 aromatic heterocycles. The molecule has 172 valence electrons. The number of anilines is 2. The average Bonchev–Trinajstić information content (AvgIpc) is 2.81. The van der Waals surface area contributed by atoms with Crippen molar-refractivity contribution in [3.8, 4) is 5.75 Å². The molecular formula is C29H35N3O. The summed E-state index contributed by atoms with van der Waals surface area (Å²) in [5.41, 5.74) is 15.2. The third kappa shape index (κ3) is 5.07. The zero-order chi connectivity index (χ0) is 23.5. The van der Waals surface area contributed by atoms with E-state index in [4.69, 9.17) is 5.73 Å². The number of nitrogen functional groups attached to an aromatic ring is 1. The molecular weight excluding hydrogens is 406 g/mol. The lowest BCUT2D eigenvalue weighted by Gasteiger charge is -2.27. The van der Waals surface area contributed by atoms with Crippen molar-refractivity contribution < 1.29 is 5.11 Å². The average molecular weight is 442 g/mol. The highest BCUT2D eigenvalue weighted by Gasteiger charge is 2.22. The van der Waals surface area contributed by atoms with Crippen molar-refractivity contribution in [2.24, 2.45) is 0 Å². The molecule has 33 heavy (non-hydrogen) atoms. The number of benzene rings is 3. The van der Waals surface area contributed by atoms with E-state index in [0.29, 0.717) is 11.8 Å². The molecule has 3 aromatic rings. The molecule has 0 saturated carbocycles. The molecule has 0 bridgehead atoms. The van der Waals surface area contributed by atoms with E-state index in [-0.39, 0.29) is 0 Å². The standard InChI is InChI=1S/C29H35N3O/c1-20(2)31(3)16-17-32(4)25-12-8-22(9-13-25)29-27(23-6-5-7-24(30)18-23)15-11-21-10-14-26(33)19-28(21)29/h5-10,12-14,18-20,33H,11,15-17,30H2,1-4H3. The quantitative estimate of drug-likeness (QED) is 0.465. The topological polar surface area (TPSA) is 52.7 Å². The van der Waals surface area contributed by atoms with Gasteiger partial charge in [0.1, 0.15) is 5.75 Å². The van der Waals surface area contributed by atoms with Gasteiger partial charge in [-0.3, -0.25) is 0 Å². The minimum atomic E-state index is 0.297. The summed E-state index contributed by atoms with van der Waals surface area (Å²) in [6.07, 6.45) is 1.90. The molecule has 3 N–H and O–H groups in total. The first-order valence-corrected chi connectivity index (χ1v) is 11.8. The van der Waals surface area contributed by atoms with Crippen molar-refractivity contribution in [1.29, 1.82) is 0 Å². The van der Waals surface area contributed by atoms with E-state index < -0.39 is 0 Å². The van der Waals surface area contributed by atoms with E-state index in [1.165, 1.54) is 22.4 Å². The Bertz CT molecular complexity index is 1150. The molecule has 0 radical (unpaired) electrons. The van der Waals surface area contributed by atoms with Crippen LogP contribution in [-0.4, -0.2) is 43.2 Å². The lowest BCUT2D eigenvalue weighted by atomic mass is 9.79. The number of aromatic hydroxyl groups is 1. The first kappa shape index (κ1) is 22.9. The lowest BCUT2D eigenvalue weighted by Crippen LogP contribution is -2.34. The number of fused-ring (bicyclic) bond motifs is 1. The van der Waals surface area contributed by atoms with Gasteiger partial charge in [-0.25, -0.2) is 0 Å². The monoisotopic (exact) mass is 441 g/mol. The fourth-order valence-electron chi connectivity index (χ4n) is 4.48. The number of hydrogen-bond acceptors (Lipinski definition) is 4. The van der Waals surface area contributed by atoms with Crippen LogP contribution in [0.5, 0.6) is 5.75 Å². The van der Waals surface area contributed by atoms with Gasteiger partial charge in [-0.1, -0.05) is 30.3 Å². The minimum absolute atomic E-state index is 0.297. The van der Waals surface area contributed by atoms with Crippen molar-refractivity contribution in [2.45, 2.75) is 32.7 Å². The highest BCUT2D eigenvalue weighted by atomic mass is 16.3. The van der Waals surface area contributed by atoms with E-state index in [1.807, 2.05) is 24.3 Å². The SMILES string of the molecule is CC(C)N(C)CCN(C)c1ccc(C2=C(c3cccc(N)c3)CCc3ccc(O)cc32)cc1. The van der Waals surface area contributed by atoms with Gasteiger partial charge in [0.25, 0.3) is 0 Å². The van der Waals surface area contributed by atoms with Crippen molar-refractivity contribution in [3.63, 3.8) is 0 Å². The first-order chi connectivity index (χ1) is 15.8. The second-order valence-electron chi connectivity index (χ2n) is 9.36. The number of phenolic OH excluding ortho intramolecular Hbond substituents is 1. The maximum atomic E-state index is 10.3. The smallest absolute Gasteiger partial charge is 0.116 e. The lowest BCUT2D eigenvalue weighted by molar-refractivity contribution is 0.280. The number of aryl methyl sites for hydroxylation is 1. The zero-order valence-electron chi connectivity index (χ0n) is 20.2. The predicted octanol–water partition coefficient (Wildman–Crippen LogP) is 5.66. The van der Waals surface area contributed by atoms with Crippen LogP contribution >= 0.6 is 0 Å². The number of nitrogens with zero attached hydrogens (tertiary/aromatic N) is 2. The van der Waals surface area contributed by atoms with Crippen LogP contribution in [-0.2, 0) is 6.42 Å². The molecule has 3 aromatic carbocycles. The molecule has 1 aliphatic carbocycles. The van der Waals surface area contributed by atoms with Crippen LogP contribution in [0.3, 0.4) is 0 Å². The normalized spacial score (nSPS) is 13.5. The fourth-order valence-corrected chi connectivity index (χ4v) is 4.48. The largest absolute Gasteiger partial charge is 0.508 e. The molecule has 0 heterocycles. The molecule has 1 aliphatic rings. The van der Waals surface area contributed by atoms with Crippen LogP contribution in [0.2, 0.25) is 0 Å². The molecule has 0 unspecified atom stereocenters. The van der Waals surface area contributed by atoms with Crippen LogP contribution < -0.4 is 10.6 Å². The molecule has 0 fully saturated rings. The molecule has 0 atom stereocenters. The number of phenols is 1. The summed E-state index contributed by atoms with van der Waals surface area (Å²) in [7, 11) is 4.32. The van der Waals surface area contributed by atoms with Crippen LogP contribution in [0.1, 0.15) is 42.5 Å². The molecule has 0 spiro atoms. The number of likely N-dealkylation sites (N-methyl/N-ethyl adjacent to an activating group) is 2. The van der Waals surface area contributed by atoms with E-state index in [1.54, 1.807) is 6.07 Å². The summed E-state index contributed by atoms with van der Waals surface area (Å²) in [5, 5.41) is 10.3. The van der Waals surface area contributed by atoms with E-state index in [0.717, 1.165) is 48.3 Å². The second-order valence-corrected chi connectivity index (χ2v) is 9.36. The van der Waals surface area contributed by atoms with Crippen LogP contribution in [0.4, 0.5) is 11.4 Å². The maximum absolute atomic E-state index is 10.3. The molecule has 4 rings (SSSR count). The Labute approximate surface area is 198 Å². The first-order valence-electron chi connectivity index (χ1n) is 11.8. The number of nitrogens with two attached hydrogens (primary N) is 1. The van der Waals surface area contributed by atoms with Crippen molar-refractivity contribution in [1.82, 2.24) is 4.90 Å². The van der Waals surface area contributed by atoms with E-state index >= 15 is 0 Å².